The number of carboxylic acids is 1. The summed E-state index contributed by atoms with van der Waals surface area (Å²) in [7, 11) is -1.60. The van der Waals surface area contributed by atoms with E-state index in [4.69, 9.17) is 0 Å². The maximum absolute atomic E-state index is 11.5. The van der Waals surface area contributed by atoms with Crippen LogP contribution in [0.3, 0.4) is 0 Å². The van der Waals surface area contributed by atoms with Crippen molar-refractivity contribution in [1.29, 1.82) is 0 Å². The van der Waals surface area contributed by atoms with Crippen LogP contribution < -0.4 is 0 Å². The number of carbonyl (C=O) groups is 2. The molecule has 0 aromatic rings. The predicted octanol–water partition coefficient (Wildman–Crippen LogP) is 2.24. The third kappa shape index (κ3) is 3.10. The van der Waals surface area contributed by atoms with Gasteiger partial charge in [-0.3, -0.25) is 4.90 Å². The van der Waals surface area contributed by atoms with Crippen LogP contribution in [0.4, 0.5) is 4.79 Å². The Bertz CT molecular complexity index is 446. The summed E-state index contributed by atoms with van der Waals surface area (Å²) in [5, 5.41) is 18.7. The lowest BCUT2D eigenvalue weighted by Gasteiger charge is -2.33. The fourth-order valence-electron chi connectivity index (χ4n) is 2.38. The minimum Gasteiger partial charge on any atom is -0.479 e. The summed E-state index contributed by atoms with van der Waals surface area (Å²) < 4.78 is 0. The molecule has 106 valence electrons. The van der Waals surface area contributed by atoms with Crippen molar-refractivity contribution in [2.75, 3.05) is 0 Å². The first-order valence-electron chi connectivity index (χ1n) is 6.42. The van der Waals surface area contributed by atoms with Crippen LogP contribution in [0.25, 0.3) is 0 Å². The summed E-state index contributed by atoms with van der Waals surface area (Å²) in [6.45, 7) is 7.93. The smallest absolute Gasteiger partial charge is 0.409 e. The molecule has 1 aliphatic rings. The molecule has 1 heterocycles. The molecule has 1 saturated heterocycles. The van der Waals surface area contributed by atoms with Gasteiger partial charge in [0, 0.05) is 0 Å². The minimum absolute atomic E-state index is 0.264. The molecule has 0 spiro atoms. The number of rotatable bonds is 2. The topological polar surface area (TPSA) is 77.8 Å². The van der Waals surface area contributed by atoms with E-state index in [-0.39, 0.29) is 6.42 Å². The molecule has 1 fully saturated rings. The van der Waals surface area contributed by atoms with Crippen molar-refractivity contribution in [2.24, 2.45) is 0 Å². The highest BCUT2D eigenvalue weighted by atomic mass is 28.3. The highest BCUT2D eigenvalue weighted by molar-refractivity contribution is 6.83. The highest BCUT2D eigenvalue weighted by Crippen LogP contribution is 2.37. The second kappa shape index (κ2) is 5.25. The zero-order chi connectivity index (χ0) is 14.8. The van der Waals surface area contributed by atoms with Crippen LogP contribution in [-0.2, 0) is 4.79 Å². The molecule has 0 bridgehead atoms. The number of hydrogen-bond donors (Lipinski definition) is 2. The van der Waals surface area contributed by atoms with Gasteiger partial charge in [-0.05, 0) is 19.3 Å². The monoisotopic (exact) mass is 283 g/mol. The van der Waals surface area contributed by atoms with Gasteiger partial charge in [0.2, 0.25) is 0 Å². The molecule has 2 N–H and O–H groups in total. The maximum Gasteiger partial charge on any atom is 0.409 e. The molecule has 5 nitrogen and oxygen atoms in total. The summed E-state index contributed by atoms with van der Waals surface area (Å²) in [6, 6.07) is -0.500. The Balaban J connectivity index is 3.14. The Hall–Kier alpha value is -1.48. The molecule has 0 aliphatic carbocycles. The van der Waals surface area contributed by atoms with E-state index in [2.05, 4.69) is 31.1 Å². The van der Waals surface area contributed by atoms with Gasteiger partial charge in [0.05, 0.1) is 6.04 Å². The average molecular weight is 283 g/mol. The first-order valence-corrected chi connectivity index (χ1v) is 9.92. The second-order valence-corrected chi connectivity index (χ2v) is 10.7. The normalized spacial score (nSPS) is 26.7. The van der Waals surface area contributed by atoms with Crippen LogP contribution in [0.5, 0.6) is 0 Å². The number of hydrogen-bond acceptors (Lipinski definition) is 2. The molecular weight excluding hydrogens is 262 g/mol. The third-order valence-electron chi connectivity index (χ3n) is 3.41. The van der Waals surface area contributed by atoms with Crippen molar-refractivity contribution >= 4 is 20.1 Å². The van der Waals surface area contributed by atoms with Gasteiger partial charge in [0.1, 0.15) is 13.6 Å². The number of amides is 1. The Morgan fingerprint density at radius 2 is 1.95 bits per heavy atom. The molecule has 19 heavy (non-hydrogen) atoms. The molecule has 0 aromatic heterocycles. The SMILES string of the molecule is CC[C@@]1(C(=O)O)CC[C@H](C#C[Si](C)(C)C)N1C(=O)O. The first kappa shape index (κ1) is 15.6. The van der Waals surface area contributed by atoms with E-state index in [0.717, 1.165) is 4.90 Å². The van der Waals surface area contributed by atoms with Gasteiger partial charge < -0.3 is 10.2 Å². The molecule has 0 saturated carbocycles. The van der Waals surface area contributed by atoms with Gasteiger partial charge in [0.15, 0.2) is 0 Å². The summed E-state index contributed by atoms with van der Waals surface area (Å²) in [6.07, 6.45) is -0.114. The summed E-state index contributed by atoms with van der Waals surface area (Å²) in [5.74, 6) is 1.92. The molecule has 6 heteroatoms. The van der Waals surface area contributed by atoms with E-state index >= 15 is 0 Å². The molecular formula is C13H21NO4Si. The predicted molar refractivity (Wildman–Crippen MR) is 74.7 cm³/mol. The van der Waals surface area contributed by atoms with E-state index in [0.29, 0.717) is 12.8 Å². The van der Waals surface area contributed by atoms with Gasteiger partial charge in [-0.2, -0.15) is 0 Å². The van der Waals surface area contributed by atoms with Gasteiger partial charge in [-0.15, -0.1) is 5.54 Å². The quantitative estimate of drug-likeness (QED) is 0.602. The fraction of sp³-hybridized carbons (Fsp3) is 0.692. The Morgan fingerprint density at radius 1 is 1.37 bits per heavy atom. The van der Waals surface area contributed by atoms with Crippen LogP contribution in [0.1, 0.15) is 26.2 Å². The lowest BCUT2D eigenvalue weighted by atomic mass is 9.93. The van der Waals surface area contributed by atoms with Crippen molar-refractivity contribution < 1.29 is 19.8 Å². The second-order valence-electron chi connectivity index (χ2n) is 5.92. The van der Waals surface area contributed by atoms with Crippen molar-refractivity contribution in [3.05, 3.63) is 0 Å². The van der Waals surface area contributed by atoms with Crippen LogP contribution in [0.2, 0.25) is 19.6 Å². The number of nitrogens with zero attached hydrogens (tertiary/aromatic N) is 1. The number of likely N-dealkylation sites (tertiary alicyclic amines) is 1. The van der Waals surface area contributed by atoms with Crippen LogP contribution in [0.15, 0.2) is 0 Å². The third-order valence-corrected chi connectivity index (χ3v) is 4.30. The van der Waals surface area contributed by atoms with E-state index in [1.165, 1.54) is 0 Å². The first-order chi connectivity index (χ1) is 8.64. The van der Waals surface area contributed by atoms with Crippen molar-refractivity contribution in [3.63, 3.8) is 0 Å². The Morgan fingerprint density at radius 3 is 2.32 bits per heavy atom. The zero-order valence-corrected chi connectivity index (χ0v) is 12.9. The molecule has 1 rings (SSSR count). The van der Waals surface area contributed by atoms with Gasteiger partial charge in [-0.1, -0.05) is 32.5 Å². The van der Waals surface area contributed by atoms with E-state index in [9.17, 15) is 19.8 Å². The Kier molecular flexibility index (Phi) is 4.31. The van der Waals surface area contributed by atoms with Crippen molar-refractivity contribution in [3.8, 4) is 11.5 Å². The fourth-order valence-corrected chi connectivity index (χ4v) is 2.98. The zero-order valence-electron chi connectivity index (χ0n) is 11.9. The number of aliphatic carboxylic acids is 1. The number of carboxylic acid groups (broad SMARTS) is 2. The minimum atomic E-state index is -1.60. The van der Waals surface area contributed by atoms with E-state index < -0.39 is 31.7 Å². The maximum atomic E-state index is 11.5. The molecule has 1 amide bonds. The Labute approximate surface area is 114 Å². The largest absolute Gasteiger partial charge is 0.479 e. The average Bonchev–Trinajstić information content (AvgIpc) is 2.65. The summed E-state index contributed by atoms with van der Waals surface area (Å²) in [5.41, 5.74) is 1.83. The molecule has 0 aromatic carbocycles. The van der Waals surface area contributed by atoms with E-state index in [1.54, 1.807) is 6.92 Å². The van der Waals surface area contributed by atoms with Crippen molar-refractivity contribution in [1.82, 2.24) is 4.90 Å². The van der Waals surface area contributed by atoms with Gasteiger partial charge >= 0.3 is 12.1 Å². The van der Waals surface area contributed by atoms with Gasteiger partial charge in [-0.25, -0.2) is 9.59 Å². The highest BCUT2D eigenvalue weighted by Gasteiger charge is 2.53. The molecule has 0 unspecified atom stereocenters. The van der Waals surface area contributed by atoms with Crippen LogP contribution in [-0.4, -0.2) is 46.8 Å². The summed E-state index contributed by atoms with van der Waals surface area (Å²) in [4.78, 5) is 23.9. The van der Waals surface area contributed by atoms with Crippen LogP contribution >= 0.6 is 0 Å². The lowest BCUT2D eigenvalue weighted by molar-refractivity contribution is -0.149. The lowest BCUT2D eigenvalue weighted by Crippen LogP contribution is -2.54. The van der Waals surface area contributed by atoms with Crippen LogP contribution in [0, 0.1) is 11.5 Å². The standard InChI is InChI=1S/C13H21NO4Si/c1-5-13(11(15)16)8-6-10(14(13)12(17)18)7-9-19(2,3)4/h10H,5-6,8H2,1-4H3,(H,15,16)(H,17,18)/t10-,13+/m1/s1. The molecule has 1 aliphatic heterocycles. The molecule has 0 radical (unpaired) electrons. The van der Waals surface area contributed by atoms with Gasteiger partial charge in [0.25, 0.3) is 0 Å². The van der Waals surface area contributed by atoms with Crippen molar-refractivity contribution in [2.45, 2.75) is 57.4 Å². The summed E-state index contributed by atoms with van der Waals surface area (Å²) >= 11 is 0. The van der Waals surface area contributed by atoms with E-state index in [1.807, 2.05) is 0 Å². The molecule has 2 atom stereocenters.